The zero-order valence-electron chi connectivity index (χ0n) is 15.9. The fraction of sp³-hybridized carbons (Fsp3) is 0.550. The lowest BCUT2D eigenvalue weighted by Crippen LogP contribution is -2.32. The van der Waals surface area contributed by atoms with E-state index >= 15 is 0 Å². The Kier molecular flexibility index (Phi) is 5.23. The molecule has 2 aromatic rings. The van der Waals surface area contributed by atoms with Crippen LogP contribution in [0.15, 0.2) is 30.7 Å². The van der Waals surface area contributed by atoms with Crippen molar-refractivity contribution in [2.45, 2.75) is 38.8 Å². The number of nitrogens with one attached hydrogen (secondary N) is 1. The van der Waals surface area contributed by atoms with E-state index in [4.69, 9.17) is 0 Å². The Balaban J connectivity index is 1.44. The quantitative estimate of drug-likeness (QED) is 0.821. The normalized spacial score (nSPS) is 21.4. The molecule has 0 saturated carbocycles. The summed E-state index contributed by atoms with van der Waals surface area (Å²) in [5.74, 6) is 0.577. The number of sulfone groups is 1. The molecule has 2 aliphatic heterocycles. The highest BCUT2D eigenvalue weighted by Crippen LogP contribution is 2.31. The second-order valence-electron chi connectivity index (χ2n) is 7.55. The van der Waals surface area contributed by atoms with E-state index in [0.29, 0.717) is 5.75 Å². The molecule has 27 heavy (non-hydrogen) atoms. The van der Waals surface area contributed by atoms with Gasteiger partial charge in [-0.2, -0.15) is 0 Å². The number of imidazole rings is 1. The molecule has 0 radical (unpaired) electrons. The maximum Gasteiger partial charge on any atom is 0.151 e. The van der Waals surface area contributed by atoms with Crippen LogP contribution in [0.3, 0.4) is 0 Å². The van der Waals surface area contributed by atoms with Crippen LogP contribution in [0.2, 0.25) is 0 Å². The largest absolute Gasteiger partial charge is 0.372 e. The Morgan fingerprint density at radius 2 is 2.22 bits per heavy atom. The molecule has 0 spiro atoms. The third-order valence-electron chi connectivity index (χ3n) is 5.70. The number of hydrogen-bond acceptors (Lipinski definition) is 5. The molecule has 1 aromatic heterocycles. The predicted octanol–water partition coefficient (Wildman–Crippen LogP) is 2.10. The van der Waals surface area contributed by atoms with Crippen molar-refractivity contribution in [1.29, 1.82) is 0 Å². The first kappa shape index (κ1) is 18.5. The average Bonchev–Trinajstić information content (AvgIpc) is 3.27. The molecule has 0 amide bonds. The van der Waals surface area contributed by atoms with Crippen LogP contribution in [0.5, 0.6) is 0 Å². The van der Waals surface area contributed by atoms with Crippen LogP contribution in [0.1, 0.15) is 25.3 Å². The third-order valence-corrected chi connectivity index (χ3v) is 7.47. The van der Waals surface area contributed by atoms with Crippen LogP contribution in [0.4, 0.5) is 5.69 Å². The Morgan fingerprint density at radius 3 is 3.00 bits per heavy atom. The maximum absolute atomic E-state index is 11.6. The van der Waals surface area contributed by atoms with Crippen LogP contribution in [-0.2, 0) is 22.8 Å². The molecule has 1 N–H and O–H groups in total. The molecular formula is C20H28N4O2S. The van der Waals surface area contributed by atoms with Crippen molar-refractivity contribution < 1.29 is 8.42 Å². The standard InChI is InChI=1S/C20H28N4O2S/c1-2-23-9-3-4-16-12-17(5-6-19(16)23)20-13-21-15-24(20)10-8-22-18-7-11-27(25,26)14-18/h5-6,12-13,15,18,22H,2-4,7-11,14H2,1H3/t18-/m0/s1. The number of hydrogen-bond donors (Lipinski definition) is 1. The number of benzene rings is 1. The van der Waals surface area contributed by atoms with Crippen molar-refractivity contribution in [3.8, 4) is 11.3 Å². The minimum atomic E-state index is -2.83. The third kappa shape index (κ3) is 4.04. The van der Waals surface area contributed by atoms with E-state index in [0.717, 1.165) is 44.7 Å². The van der Waals surface area contributed by atoms with Gasteiger partial charge in [-0.3, -0.25) is 0 Å². The van der Waals surface area contributed by atoms with Gasteiger partial charge in [-0.05, 0) is 43.9 Å². The van der Waals surface area contributed by atoms with Crippen molar-refractivity contribution in [3.05, 3.63) is 36.3 Å². The van der Waals surface area contributed by atoms with Gasteiger partial charge in [0.25, 0.3) is 0 Å². The molecule has 1 atom stereocenters. The number of anilines is 1. The molecule has 0 bridgehead atoms. The highest BCUT2D eigenvalue weighted by molar-refractivity contribution is 7.91. The van der Waals surface area contributed by atoms with Gasteiger partial charge in [0.2, 0.25) is 0 Å². The Labute approximate surface area is 161 Å². The molecule has 7 heteroatoms. The predicted molar refractivity (Wildman–Crippen MR) is 109 cm³/mol. The highest BCUT2D eigenvalue weighted by Gasteiger charge is 2.27. The molecule has 1 aromatic carbocycles. The number of rotatable bonds is 6. The lowest BCUT2D eigenvalue weighted by Gasteiger charge is -2.30. The van der Waals surface area contributed by atoms with Gasteiger partial charge >= 0.3 is 0 Å². The topological polar surface area (TPSA) is 67.2 Å². The first-order chi connectivity index (χ1) is 13.1. The van der Waals surface area contributed by atoms with Gasteiger partial charge in [0.15, 0.2) is 9.84 Å². The van der Waals surface area contributed by atoms with Gasteiger partial charge in [0, 0.05) is 43.5 Å². The van der Waals surface area contributed by atoms with E-state index in [9.17, 15) is 8.42 Å². The van der Waals surface area contributed by atoms with Gasteiger partial charge in [-0.15, -0.1) is 0 Å². The maximum atomic E-state index is 11.6. The van der Waals surface area contributed by atoms with Gasteiger partial charge in [0.1, 0.15) is 0 Å². The van der Waals surface area contributed by atoms with E-state index in [1.165, 1.54) is 23.2 Å². The summed E-state index contributed by atoms with van der Waals surface area (Å²) < 4.78 is 25.3. The zero-order valence-corrected chi connectivity index (χ0v) is 16.7. The number of nitrogens with zero attached hydrogens (tertiary/aromatic N) is 3. The van der Waals surface area contributed by atoms with Crippen LogP contribution in [0.25, 0.3) is 11.3 Å². The Bertz CT molecular complexity index is 906. The van der Waals surface area contributed by atoms with Crippen LogP contribution < -0.4 is 10.2 Å². The van der Waals surface area contributed by atoms with Gasteiger partial charge in [-0.25, -0.2) is 13.4 Å². The summed E-state index contributed by atoms with van der Waals surface area (Å²) in [6.07, 6.45) is 6.84. The Hall–Kier alpha value is -1.86. The fourth-order valence-electron chi connectivity index (χ4n) is 4.25. The molecule has 146 valence electrons. The lowest BCUT2D eigenvalue weighted by atomic mass is 9.98. The van der Waals surface area contributed by atoms with Crippen molar-refractivity contribution in [3.63, 3.8) is 0 Å². The molecule has 1 fully saturated rings. The van der Waals surface area contributed by atoms with Crippen molar-refractivity contribution in [2.24, 2.45) is 0 Å². The molecule has 0 unspecified atom stereocenters. The molecule has 4 rings (SSSR count). The van der Waals surface area contributed by atoms with Crippen LogP contribution >= 0.6 is 0 Å². The van der Waals surface area contributed by atoms with Crippen LogP contribution in [0, 0.1) is 0 Å². The summed E-state index contributed by atoms with van der Waals surface area (Å²) in [4.78, 5) is 6.79. The summed E-state index contributed by atoms with van der Waals surface area (Å²) in [6.45, 7) is 5.93. The van der Waals surface area contributed by atoms with Crippen molar-refractivity contribution in [2.75, 3.05) is 36.0 Å². The SMILES string of the molecule is CCN1CCCc2cc(-c3cncn3CCN[C@H]3CCS(=O)(=O)C3)ccc21. The number of fused-ring (bicyclic) bond motifs is 1. The first-order valence-corrected chi connectivity index (χ1v) is 11.7. The Morgan fingerprint density at radius 1 is 1.33 bits per heavy atom. The van der Waals surface area contributed by atoms with E-state index in [2.05, 4.69) is 44.9 Å². The zero-order chi connectivity index (χ0) is 18.9. The molecule has 6 nitrogen and oxygen atoms in total. The molecule has 1 saturated heterocycles. The average molecular weight is 389 g/mol. The highest BCUT2D eigenvalue weighted by atomic mass is 32.2. The smallest absolute Gasteiger partial charge is 0.151 e. The van der Waals surface area contributed by atoms with Gasteiger partial charge in [0.05, 0.1) is 29.7 Å². The second kappa shape index (κ2) is 7.64. The fourth-order valence-corrected chi connectivity index (χ4v) is 5.96. The second-order valence-corrected chi connectivity index (χ2v) is 9.78. The lowest BCUT2D eigenvalue weighted by molar-refractivity contribution is 0.521. The monoisotopic (exact) mass is 388 g/mol. The van der Waals surface area contributed by atoms with E-state index in [-0.39, 0.29) is 11.8 Å². The van der Waals surface area contributed by atoms with E-state index in [1.807, 2.05) is 12.5 Å². The summed E-state index contributed by atoms with van der Waals surface area (Å²) >= 11 is 0. The summed E-state index contributed by atoms with van der Waals surface area (Å²) in [6, 6.07) is 6.83. The van der Waals surface area contributed by atoms with Gasteiger partial charge < -0.3 is 14.8 Å². The molecule has 2 aliphatic rings. The van der Waals surface area contributed by atoms with Crippen molar-refractivity contribution in [1.82, 2.24) is 14.9 Å². The minimum absolute atomic E-state index is 0.0887. The summed E-state index contributed by atoms with van der Waals surface area (Å²) in [7, 11) is -2.83. The summed E-state index contributed by atoms with van der Waals surface area (Å²) in [5.41, 5.74) is 5.10. The molecular weight excluding hydrogens is 360 g/mol. The van der Waals surface area contributed by atoms with Crippen LogP contribution in [-0.4, -0.2) is 55.2 Å². The van der Waals surface area contributed by atoms with Crippen molar-refractivity contribution >= 4 is 15.5 Å². The number of aromatic nitrogens is 2. The number of aryl methyl sites for hydroxylation is 1. The summed E-state index contributed by atoms with van der Waals surface area (Å²) in [5, 5.41) is 3.38. The van der Waals surface area contributed by atoms with E-state index < -0.39 is 9.84 Å². The van der Waals surface area contributed by atoms with E-state index in [1.54, 1.807) is 0 Å². The molecule has 3 heterocycles. The first-order valence-electron chi connectivity index (χ1n) is 9.88. The molecule has 0 aliphatic carbocycles. The van der Waals surface area contributed by atoms with Gasteiger partial charge in [-0.1, -0.05) is 6.07 Å². The minimum Gasteiger partial charge on any atom is -0.372 e.